The lowest BCUT2D eigenvalue weighted by Crippen LogP contribution is -2.48. The average Bonchev–Trinajstić information content (AvgIpc) is 2.40. The first-order valence-electron chi connectivity index (χ1n) is 6.43. The molecule has 1 atom stereocenters. The predicted octanol–water partition coefficient (Wildman–Crippen LogP) is 2.78. The van der Waals surface area contributed by atoms with Crippen LogP contribution in [0.5, 0.6) is 0 Å². The highest BCUT2D eigenvalue weighted by Crippen LogP contribution is 2.23. The maximum absolute atomic E-state index is 11.2. The molecule has 0 N–H and O–H groups in total. The summed E-state index contributed by atoms with van der Waals surface area (Å²) < 4.78 is 0. The number of rotatable bonds is 3. The van der Waals surface area contributed by atoms with Crippen molar-refractivity contribution >= 4 is 29.1 Å². The van der Waals surface area contributed by atoms with Crippen molar-refractivity contribution in [2.24, 2.45) is 0 Å². The Bertz CT molecular complexity index is 428. The van der Waals surface area contributed by atoms with Crippen LogP contribution in [0.3, 0.4) is 0 Å². The third kappa shape index (κ3) is 4.10. The van der Waals surface area contributed by atoms with Crippen LogP contribution in [0.4, 0.5) is 0 Å². The lowest BCUT2D eigenvalue weighted by molar-refractivity contribution is -0.130. The first-order valence-corrected chi connectivity index (χ1v) is 7.25. The first kappa shape index (κ1) is 14.6. The van der Waals surface area contributed by atoms with Crippen molar-refractivity contribution in [1.29, 1.82) is 0 Å². The summed E-state index contributed by atoms with van der Waals surface area (Å²) in [5, 5.41) is 0.684. The van der Waals surface area contributed by atoms with Gasteiger partial charge in [-0.2, -0.15) is 0 Å². The number of piperazine rings is 1. The molecular formula is C14H18Cl2N2O. The predicted molar refractivity (Wildman–Crippen MR) is 78.7 cm³/mol. The van der Waals surface area contributed by atoms with Gasteiger partial charge >= 0.3 is 0 Å². The smallest absolute Gasteiger partial charge is 0.219 e. The van der Waals surface area contributed by atoms with Crippen LogP contribution in [-0.4, -0.2) is 48.4 Å². The van der Waals surface area contributed by atoms with E-state index in [9.17, 15) is 4.79 Å². The molecule has 1 fully saturated rings. The van der Waals surface area contributed by atoms with Gasteiger partial charge < -0.3 is 4.90 Å². The Kier molecular flexibility index (Phi) is 5.08. The molecule has 3 nitrogen and oxygen atoms in total. The van der Waals surface area contributed by atoms with Gasteiger partial charge in [0.05, 0.1) is 5.38 Å². The zero-order chi connectivity index (χ0) is 13.8. The van der Waals surface area contributed by atoms with Crippen LogP contribution in [-0.2, 0) is 4.79 Å². The number of hydrogen-bond acceptors (Lipinski definition) is 2. The molecule has 1 aromatic rings. The van der Waals surface area contributed by atoms with E-state index in [-0.39, 0.29) is 11.3 Å². The van der Waals surface area contributed by atoms with Gasteiger partial charge in [-0.3, -0.25) is 9.69 Å². The number of benzene rings is 1. The molecule has 104 valence electrons. The fourth-order valence-corrected chi connectivity index (χ4v) is 2.72. The molecule has 1 heterocycles. The van der Waals surface area contributed by atoms with Crippen molar-refractivity contribution < 1.29 is 4.79 Å². The van der Waals surface area contributed by atoms with Crippen LogP contribution in [0.1, 0.15) is 17.9 Å². The highest BCUT2D eigenvalue weighted by Gasteiger charge is 2.21. The summed E-state index contributed by atoms with van der Waals surface area (Å²) in [6, 6.07) is 7.65. The molecule has 1 aliphatic rings. The highest BCUT2D eigenvalue weighted by molar-refractivity contribution is 6.30. The zero-order valence-corrected chi connectivity index (χ0v) is 12.5. The van der Waals surface area contributed by atoms with Crippen LogP contribution in [0.25, 0.3) is 0 Å². The quantitative estimate of drug-likeness (QED) is 0.802. The van der Waals surface area contributed by atoms with E-state index >= 15 is 0 Å². The number of amides is 1. The summed E-state index contributed by atoms with van der Waals surface area (Å²) in [6.07, 6.45) is 0. The molecule has 0 spiro atoms. The number of carbonyl (C=O) groups excluding carboxylic acids is 1. The molecule has 1 aliphatic heterocycles. The molecule has 0 bridgehead atoms. The van der Waals surface area contributed by atoms with Gasteiger partial charge in [-0.1, -0.05) is 23.7 Å². The van der Waals surface area contributed by atoms with Gasteiger partial charge in [0.25, 0.3) is 0 Å². The average molecular weight is 301 g/mol. The Morgan fingerprint density at radius 1 is 1.21 bits per heavy atom. The molecule has 0 aliphatic carbocycles. The lowest BCUT2D eigenvalue weighted by Gasteiger charge is -2.35. The van der Waals surface area contributed by atoms with Gasteiger partial charge in [-0.05, 0) is 17.7 Å². The van der Waals surface area contributed by atoms with Crippen LogP contribution in [0, 0.1) is 0 Å². The third-order valence-electron chi connectivity index (χ3n) is 3.47. The second-order valence-corrected chi connectivity index (χ2v) is 5.79. The Balaban J connectivity index is 1.85. The minimum absolute atomic E-state index is 0.0406. The largest absolute Gasteiger partial charge is 0.340 e. The highest BCUT2D eigenvalue weighted by atomic mass is 35.5. The summed E-state index contributed by atoms with van der Waals surface area (Å²) in [7, 11) is 0. The Hall–Kier alpha value is -0.770. The molecule has 1 amide bonds. The van der Waals surface area contributed by atoms with Crippen molar-refractivity contribution in [3.8, 4) is 0 Å². The van der Waals surface area contributed by atoms with Crippen molar-refractivity contribution in [3.05, 3.63) is 34.9 Å². The van der Waals surface area contributed by atoms with Crippen LogP contribution < -0.4 is 0 Å². The van der Waals surface area contributed by atoms with E-state index in [2.05, 4.69) is 4.90 Å². The Morgan fingerprint density at radius 2 is 1.79 bits per heavy atom. The van der Waals surface area contributed by atoms with E-state index in [0.29, 0.717) is 0 Å². The summed E-state index contributed by atoms with van der Waals surface area (Å²) in [4.78, 5) is 15.4. The van der Waals surface area contributed by atoms with Crippen LogP contribution in [0.15, 0.2) is 24.3 Å². The molecule has 1 unspecified atom stereocenters. The summed E-state index contributed by atoms with van der Waals surface area (Å²) in [6.45, 7) is 5.77. The van der Waals surface area contributed by atoms with Crippen molar-refractivity contribution in [3.63, 3.8) is 0 Å². The zero-order valence-electron chi connectivity index (χ0n) is 11.0. The van der Waals surface area contributed by atoms with E-state index in [1.807, 2.05) is 29.2 Å². The number of halogens is 2. The first-order chi connectivity index (χ1) is 9.06. The number of alkyl halides is 1. The number of hydrogen-bond donors (Lipinski definition) is 0. The van der Waals surface area contributed by atoms with Crippen molar-refractivity contribution in [1.82, 2.24) is 9.80 Å². The van der Waals surface area contributed by atoms with E-state index in [1.165, 1.54) is 0 Å². The number of carbonyl (C=O) groups is 1. The minimum Gasteiger partial charge on any atom is -0.340 e. The fourth-order valence-electron chi connectivity index (χ4n) is 2.25. The molecule has 2 rings (SSSR count). The van der Waals surface area contributed by atoms with Gasteiger partial charge in [-0.15, -0.1) is 11.6 Å². The van der Waals surface area contributed by atoms with E-state index in [1.54, 1.807) is 6.92 Å². The van der Waals surface area contributed by atoms with Gasteiger partial charge in [-0.25, -0.2) is 0 Å². The van der Waals surface area contributed by atoms with Crippen LogP contribution in [0.2, 0.25) is 5.02 Å². The maximum Gasteiger partial charge on any atom is 0.219 e. The SMILES string of the molecule is CC(=O)N1CCN(CC(Cl)c2ccc(Cl)cc2)CC1. The van der Waals surface area contributed by atoms with Gasteiger partial charge in [0, 0.05) is 44.7 Å². The summed E-state index contributed by atoms with van der Waals surface area (Å²) in [5.74, 6) is 0.153. The van der Waals surface area contributed by atoms with E-state index in [0.717, 1.165) is 43.3 Å². The van der Waals surface area contributed by atoms with E-state index in [4.69, 9.17) is 23.2 Å². The second kappa shape index (κ2) is 6.60. The van der Waals surface area contributed by atoms with Gasteiger partial charge in [0.15, 0.2) is 0 Å². The molecule has 0 aromatic heterocycles. The number of nitrogens with zero attached hydrogens (tertiary/aromatic N) is 2. The third-order valence-corrected chi connectivity index (χ3v) is 4.11. The molecular weight excluding hydrogens is 283 g/mol. The lowest BCUT2D eigenvalue weighted by atomic mass is 10.1. The molecule has 0 radical (unpaired) electrons. The van der Waals surface area contributed by atoms with Crippen molar-refractivity contribution in [2.45, 2.75) is 12.3 Å². The molecule has 19 heavy (non-hydrogen) atoms. The molecule has 1 saturated heterocycles. The van der Waals surface area contributed by atoms with Gasteiger partial charge in [0.2, 0.25) is 5.91 Å². The monoisotopic (exact) mass is 300 g/mol. The normalized spacial score (nSPS) is 18.4. The topological polar surface area (TPSA) is 23.6 Å². The minimum atomic E-state index is -0.0406. The summed E-state index contributed by atoms with van der Waals surface area (Å²) in [5.41, 5.74) is 1.08. The summed E-state index contributed by atoms with van der Waals surface area (Å²) >= 11 is 12.3. The Labute approximate surface area is 124 Å². The molecule has 5 heteroatoms. The second-order valence-electron chi connectivity index (χ2n) is 4.83. The van der Waals surface area contributed by atoms with E-state index < -0.39 is 0 Å². The molecule has 1 aromatic carbocycles. The van der Waals surface area contributed by atoms with Crippen LogP contribution >= 0.6 is 23.2 Å². The standard InChI is InChI=1S/C14H18Cl2N2O/c1-11(19)18-8-6-17(7-9-18)10-14(16)12-2-4-13(15)5-3-12/h2-5,14H,6-10H2,1H3. The maximum atomic E-state index is 11.2. The fraction of sp³-hybridized carbons (Fsp3) is 0.500. The molecule has 0 saturated carbocycles. The van der Waals surface area contributed by atoms with Gasteiger partial charge in [0.1, 0.15) is 0 Å². The Morgan fingerprint density at radius 3 is 2.32 bits per heavy atom. The van der Waals surface area contributed by atoms with Crippen molar-refractivity contribution in [2.75, 3.05) is 32.7 Å².